The predicted molar refractivity (Wildman–Crippen MR) is 72.6 cm³/mol. The minimum absolute atomic E-state index is 0.0886. The molecule has 0 saturated carbocycles. The number of halogens is 5. The molecule has 1 unspecified atom stereocenters. The molecule has 86 valence electrons. The summed E-state index contributed by atoms with van der Waals surface area (Å²) in [6, 6.07) is 5.11. The molecule has 0 aliphatic carbocycles. The topological polar surface area (TPSA) is 24.7 Å². The molecule has 1 aliphatic heterocycles. The monoisotopic (exact) mass is 334 g/mol. The molecule has 0 aromatic heterocycles. The van der Waals surface area contributed by atoms with E-state index in [9.17, 15) is 0 Å². The van der Waals surface area contributed by atoms with Gasteiger partial charge in [0.25, 0.3) is 3.79 Å². The van der Waals surface area contributed by atoms with Crippen molar-refractivity contribution in [3.8, 4) is 0 Å². The highest BCUT2D eigenvalue weighted by molar-refractivity contribution is 8.28. The highest BCUT2D eigenvalue weighted by Crippen LogP contribution is 2.35. The second-order valence-corrected chi connectivity index (χ2v) is 7.57. The van der Waals surface area contributed by atoms with E-state index in [1.807, 2.05) is 0 Å². The van der Waals surface area contributed by atoms with Crippen molar-refractivity contribution >= 4 is 72.8 Å². The van der Waals surface area contributed by atoms with Gasteiger partial charge in [-0.3, -0.25) is 0 Å². The van der Waals surface area contributed by atoms with Gasteiger partial charge in [0.05, 0.1) is 9.87 Å². The molecule has 1 aromatic carbocycles. The van der Waals surface area contributed by atoms with Crippen LogP contribution in [0, 0.1) is 4.51 Å². The van der Waals surface area contributed by atoms with Gasteiger partial charge in [-0.2, -0.15) is 4.40 Å². The largest absolute Gasteiger partial charge is 0.250 e. The van der Waals surface area contributed by atoms with E-state index >= 15 is 0 Å². The van der Waals surface area contributed by atoms with Gasteiger partial charge in [0, 0.05) is 14.9 Å². The van der Waals surface area contributed by atoms with Crippen LogP contribution in [0.5, 0.6) is 0 Å². The summed E-state index contributed by atoms with van der Waals surface area (Å²) in [6.07, 6.45) is 0. The van der Waals surface area contributed by atoms with E-state index in [0.29, 0.717) is 10.4 Å². The summed E-state index contributed by atoms with van der Waals surface area (Å²) < 4.78 is 3.08. The summed E-state index contributed by atoms with van der Waals surface area (Å²) >= 11 is 22.9. The first kappa shape index (κ1) is 12.9. The lowest BCUT2D eigenvalue weighted by Gasteiger charge is -2.12. The zero-order valence-electron chi connectivity index (χ0n) is 7.42. The van der Waals surface area contributed by atoms with Crippen LogP contribution in [0.4, 0.5) is 0 Å². The molecule has 16 heavy (non-hydrogen) atoms. The van der Waals surface area contributed by atoms with E-state index < -0.39 is 13.7 Å². The molecule has 1 aliphatic rings. The average Bonchev–Trinajstić information content (AvgIpc) is 2.17. The van der Waals surface area contributed by atoms with Crippen LogP contribution in [0.15, 0.2) is 27.6 Å². The van der Waals surface area contributed by atoms with Gasteiger partial charge in [-0.15, -0.1) is 0 Å². The molecule has 1 heterocycles. The Labute approximate surface area is 118 Å². The number of amidine groups is 1. The van der Waals surface area contributed by atoms with Gasteiger partial charge in [-0.25, -0.2) is 4.99 Å². The molecular formula is C8H3Cl5N2S. The molecule has 0 N–H and O–H groups in total. The summed E-state index contributed by atoms with van der Waals surface area (Å²) in [5, 5.41) is 1.19. The zero-order valence-corrected chi connectivity index (χ0v) is 12.0. The van der Waals surface area contributed by atoms with Gasteiger partial charge in [0.2, 0.25) is 0 Å². The van der Waals surface area contributed by atoms with Gasteiger partial charge in [0.1, 0.15) is 0 Å². The summed E-state index contributed by atoms with van der Waals surface area (Å²) in [5.41, 5.74) is 0. The second-order valence-electron chi connectivity index (χ2n) is 2.87. The van der Waals surface area contributed by atoms with Crippen LogP contribution < -0.4 is 5.36 Å². The number of alkyl halides is 3. The van der Waals surface area contributed by atoms with Crippen molar-refractivity contribution in [1.29, 1.82) is 0 Å². The van der Waals surface area contributed by atoms with Crippen LogP contribution in [-0.2, 0) is 0 Å². The Morgan fingerprint density at radius 3 is 2.50 bits per heavy atom. The van der Waals surface area contributed by atoms with Crippen molar-refractivity contribution in [3.05, 3.63) is 33.1 Å². The van der Waals surface area contributed by atoms with Crippen molar-refractivity contribution in [3.63, 3.8) is 0 Å². The standard InChI is InChI=1S/C8H3Cl5N2S/c9-4-1-2-5-6(3-4)16(13)15-7(14-5)8(10,11)12/h1-3H. The van der Waals surface area contributed by atoms with Gasteiger partial charge < -0.3 is 0 Å². The fraction of sp³-hybridized carbons (Fsp3) is 0.125. The molecule has 2 nitrogen and oxygen atoms in total. The van der Waals surface area contributed by atoms with Crippen LogP contribution in [0.3, 0.4) is 0 Å². The Balaban J connectivity index is 2.72. The molecular weight excluding hydrogens is 333 g/mol. The SMILES string of the molecule is Clc1ccc2c(c1)=S(Cl)N=C(C(Cl)(Cl)Cl)N=2. The Morgan fingerprint density at radius 2 is 1.88 bits per heavy atom. The molecule has 0 saturated heterocycles. The van der Waals surface area contributed by atoms with Crippen molar-refractivity contribution in [2.75, 3.05) is 0 Å². The molecule has 2 rings (SSSR count). The second kappa shape index (κ2) is 4.63. The highest BCUT2D eigenvalue weighted by Gasteiger charge is 2.29. The molecule has 0 radical (unpaired) electrons. The lowest BCUT2D eigenvalue weighted by atomic mass is 10.3. The Bertz CT molecular complexity index is 589. The van der Waals surface area contributed by atoms with Crippen LogP contribution in [-0.4, -0.2) is 9.63 Å². The third-order valence-corrected chi connectivity index (χ3v) is 4.22. The molecule has 0 amide bonds. The van der Waals surface area contributed by atoms with Gasteiger partial charge in [-0.05, 0) is 28.9 Å². The summed E-state index contributed by atoms with van der Waals surface area (Å²) in [6.45, 7) is 0. The highest BCUT2D eigenvalue weighted by atomic mass is 35.7. The third kappa shape index (κ3) is 2.66. The number of rotatable bonds is 0. The Kier molecular flexibility index (Phi) is 3.75. The van der Waals surface area contributed by atoms with Crippen molar-refractivity contribution < 1.29 is 0 Å². The van der Waals surface area contributed by atoms with E-state index in [1.54, 1.807) is 18.2 Å². The number of benzene rings is 1. The first-order chi connectivity index (χ1) is 7.38. The first-order valence-corrected chi connectivity index (χ1v) is 7.48. The molecule has 0 fully saturated rings. The fourth-order valence-corrected chi connectivity index (χ4v) is 3.24. The minimum Gasteiger partial charge on any atom is -0.227 e. The number of hydrogen-bond acceptors (Lipinski definition) is 2. The maximum Gasteiger partial charge on any atom is 0.250 e. The predicted octanol–water partition coefficient (Wildman–Crippen LogP) is 4.33. The minimum atomic E-state index is -1.67. The van der Waals surface area contributed by atoms with Gasteiger partial charge in [-0.1, -0.05) is 46.4 Å². The van der Waals surface area contributed by atoms with Crippen molar-refractivity contribution in [2.24, 2.45) is 9.39 Å². The van der Waals surface area contributed by atoms with Gasteiger partial charge >= 0.3 is 0 Å². The number of fused-ring (bicyclic) bond motifs is 1. The first-order valence-electron chi connectivity index (χ1n) is 3.96. The van der Waals surface area contributed by atoms with Crippen LogP contribution in [0.1, 0.15) is 0 Å². The maximum atomic E-state index is 6.07. The lowest BCUT2D eigenvalue weighted by Crippen LogP contribution is -2.22. The number of hydrogen-bond donors (Lipinski definition) is 0. The Hall–Kier alpha value is 0.490. The third-order valence-electron chi connectivity index (χ3n) is 1.75. The van der Waals surface area contributed by atoms with E-state index in [2.05, 4.69) is 9.39 Å². The van der Waals surface area contributed by atoms with Gasteiger partial charge in [0.15, 0.2) is 5.84 Å². The van der Waals surface area contributed by atoms with Crippen LogP contribution in [0.25, 0.3) is 0 Å². The number of nitrogens with zero attached hydrogens (tertiary/aromatic N) is 2. The Morgan fingerprint density at radius 1 is 1.19 bits per heavy atom. The molecule has 8 heteroatoms. The maximum absolute atomic E-state index is 6.07. The average molecular weight is 336 g/mol. The van der Waals surface area contributed by atoms with Crippen LogP contribution >= 0.6 is 67.0 Å². The van der Waals surface area contributed by atoms with E-state index in [-0.39, 0.29) is 5.84 Å². The summed E-state index contributed by atoms with van der Waals surface area (Å²) in [7, 11) is 5.14. The summed E-state index contributed by atoms with van der Waals surface area (Å²) in [4.78, 5) is 4.13. The van der Waals surface area contributed by atoms with Crippen LogP contribution in [0.2, 0.25) is 5.02 Å². The van der Waals surface area contributed by atoms with E-state index in [1.165, 1.54) is 0 Å². The quantitative estimate of drug-likeness (QED) is 0.498. The molecule has 0 spiro atoms. The van der Waals surface area contributed by atoms with Crippen molar-refractivity contribution in [2.45, 2.75) is 3.79 Å². The van der Waals surface area contributed by atoms with Crippen molar-refractivity contribution in [1.82, 2.24) is 0 Å². The van der Waals surface area contributed by atoms with E-state index in [4.69, 9.17) is 57.1 Å². The molecule has 1 atom stereocenters. The lowest BCUT2D eigenvalue weighted by molar-refractivity contribution is 1.31. The summed E-state index contributed by atoms with van der Waals surface area (Å²) in [5.74, 6) is 0.0886. The molecule has 0 bridgehead atoms. The smallest absolute Gasteiger partial charge is 0.227 e. The zero-order chi connectivity index (χ0) is 11.9. The normalized spacial score (nSPS) is 19.8. The fourth-order valence-electron chi connectivity index (χ4n) is 1.09. The molecule has 1 aromatic rings. The van der Waals surface area contributed by atoms with E-state index in [0.717, 1.165) is 4.51 Å².